The van der Waals surface area contributed by atoms with Gasteiger partial charge in [0.15, 0.2) is 30.5 Å². The van der Waals surface area contributed by atoms with Crippen molar-refractivity contribution in [3.8, 4) is 0 Å². The highest BCUT2D eigenvalue weighted by atomic mass is 16.6. The topological polar surface area (TPSA) is 161 Å². The van der Waals surface area contributed by atoms with Gasteiger partial charge >= 0.3 is 29.8 Å². The van der Waals surface area contributed by atoms with Crippen LogP contribution in [0.3, 0.4) is 0 Å². The second kappa shape index (κ2) is 10.6. The zero-order valence-corrected chi connectivity index (χ0v) is 17.5. The number of ether oxygens (including phenoxy) is 5. The monoisotopic (exact) mass is 431 g/mol. The Labute approximate surface area is 172 Å². The van der Waals surface area contributed by atoms with E-state index in [0.29, 0.717) is 0 Å². The molecule has 1 aliphatic carbocycles. The highest BCUT2D eigenvalue weighted by Gasteiger charge is 2.59. The van der Waals surface area contributed by atoms with Crippen molar-refractivity contribution in [1.29, 1.82) is 0 Å². The SMILES string of the molecule is CC(=O)NC1[C@@H](OC(C)=O)[C@@H](OC(C)=O)C(OC(C)=O)[C@H](OC(C)=O)[C@H]1OC(C)=O. The minimum atomic E-state index is -1.51. The van der Waals surface area contributed by atoms with Gasteiger partial charge < -0.3 is 29.0 Å². The number of esters is 5. The molecule has 0 aromatic rings. The zero-order valence-electron chi connectivity index (χ0n) is 17.5. The lowest BCUT2D eigenvalue weighted by Gasteiger charge is -2.47. The summed E-state index contributed by atoms with van der Waals surface area (Å²) in [6.45, 7) is 6.45. The molecule has 1 N–H and O–H groups in total. The van der Waals surface area contributed by atoms with Crippen molar-refractivity contribution in [2.75, 3.05) is 0 Å². The van der Waals surface area contributed by atoms with Crippen molar-refractivity contribution in [2.45, 2.75) is 78.1 Å². The maximum atomic E-state index is 11.8. The predicted molar refractivity (Wildman–Crippen MR) is 95.4 cm³/mol. The van der Waals surface area contributed by atoms with E-state index in [-0.39, 0.29) is 0 Å². The minimum Gasteiger partial charge on any atom is -0.456 e. The Bertz CT molecular complexity index is 552. The van der Waals surface area contributed by atoms with Crippen LogP contribution in [0.15, 0.2) is 0 Å². The Morgan fingerprint density at radius 3 is 0.933 bits per heavy atom. The van der Waals surface area contributed by atoms with E-state index in [2.05, 4.69) is 5.32 Å². The molecule has 0 aromatic heterocycles. The molecular weight excluding hydrogens is 406 g/mol. The van der Waals surface area contributed by atoms with Gasteiger partial charge in [-0.3, -0.25) is 28.8 Å². The summed E-state index contributed by atoms with van der Waals surface area (Å²) < 4.78 is 26.1. The van der Waals surface area contributed by atoms with Crippen LogP contribution < -0.4 is 5.32 Å². The van der Waals surface area contributed by atoms with Gasteiger partial charge in [0.2, 0.25) is 5.91 Å². The molecule has 0 aliphatic heterocycles. The van der Waals surface area contributed by atoms with Gasteiger partial charge in [0.25, 0.3) is 0 Å². The van der Waals surface area contributed by atoms with Gasteiger partial charge in [-0.15, -0.1) is 0 Å². The first kappa shape index (κ1) is 24.9. The van der Waals surface area contributed by atoms with Crippen LogP contribution in [0, 0.1) is 0 Å². The van der Waals surface area contributed by atoms with E-state index in [1.165, 1.54) is 0 Å². The summed E-state index contributed by atoms with van der Waals surface area (Å²) in [6, 6.07) is -1.30. The molecule has 168 valence electrons. The number of carbonyl (C=O) groups excluding carboxylic acids is 6. The van der Waals surface area contributed by atoms with E-state index in [1.807, 2.05) is 0 Å². The van der Waals surface area contributed by atoms with Crippen LogP contribution in [0.5, 0.6) is 0 Å². The summed E-state index contributed by atoms with van der Waals surface area (Å²) in [7, 11) is 0. The highest BCUT2D eigenvalue weighted by molar-refractivity contribution is 5.74. The molecule has 1 amide bonds. The first-order valence-electron chi connectivity index (χ1n) is 8.96. The van der Waals surface area contributed by atoms with E-state index in [4.69, 9.17) is 23.7 Å². The third-order valence-electron chi connectivity index (χ3n) is 3.88. The van der Waals surface area contributed by atoms with Crippen LogP contribution in [0.2, 0.25) is 0 Å². The summed E-state index contributed by atoms with van der Waals surface area (Å²) >= 11 is 0. The molecule has 1 saturated carbocycles. The largest absolute Gasteiger partial charge is 0.456 e. The van der Waals surface area contributed by atoms with E-state index in [9.17, 15) is 28.8 Å². The second-order valence-electron chi connectivity index (χ2n) is 6.60. The van der Waals surface area contributed by atoms with E-state index < -0.39 is 72.3 Å². The Kier molecular flexibility index (Phi) is 8.75. The number of rotatable bonds is 6. The van der Waals surface area contributed by atoms with Crippen LogP contribution in [0.4, 0.5) is 0 Å². The molecule has 1 rings (SSSR count). The number of carbonyl (C=O) groups is 6. The Morgan fingerprint density at radius 1 is 0.467 bits per heavy atom. The molecule has 0 heterocycles. The van der Waals surface area contributed by atoms with Crippen LogP contribution in [0.1, 0.15) is 41.5 Å². The quantitative estimate of drug-likeness (QED) is 0.412. The maximum absolute atomic E-state index is 11.8. The molecule has 12 nitrogen and oxygen atoms in total. The first-order chi connectivity index (χ1) is 13.8. The Balaban J connectivity index is 3.66. The molecule has 0 aromatic carbocycles. The molecule has 1 fully saturated rings. The van der Waals surface area contributed by atoms with Crippen molar-refractivity contribution in [3.63, 3.8) is 0 Å². The molecule has 0 bridgehead atoms. The summed E-state index contributed by atoms with van der Waals surface area (Å²) in [6.07, 6.45) is -7.34. The molecule has 6 atom stereocenters. The summed E-state index contributed by atoms with van der Waals surface area (Å²) in [5.74, 6) is -4.74. The smallest absolute Gasteiger partial charge is 0.303 e. The Hall–Kier alpha value is -3.18. The number of hydrogen-bond donors (Lipinski definition) is 1. The lowest BCUT2D eigenvalue weighted by atomic mass is 9.82. The van der Waals surface area contributed by atoms with Gasteiger partial charge in [-0.2, -0.15) is 0 Å². The molecule has 1 aliphatic rings. The van der Waals surface area contributed by atoms with Gasteiger partial charge in [0, 0.05) is 41.5 Å². The average Bonchev–Trinajstić information content (AvgIpc) is 2.55. The van der Waals surface area contributed by atoms with Crippen molar-refractivity contribution < 1.29 is 52.5 Å². The van der Waals surface area contributed by atoms with Crippen molar-refractivity contribution in [1.82, 2.24) is 5.32 Å². The molecule has 12 heteroatoms. The van der Waals surface area contributed by atoms with Gasteiger partial charge in [-0.25, -0.2) is 0 Å². The van der Waals surface area contributed by atoms with Crippen molar-refractivity contribution in [3.05, 3.63) is 0 Å². The van der Waals surface area contributed by atoms with Crippen LogP contribution >= 0.6 is 0 Å². The minimum absolute atomic E-state index is 0.608. The van der Waals surface area contributed by atoms with Gasteiger partial charge in [-0.1, -0.05) is 0 Å². The van der Waals surface area contributed by atoms with E-state index >= 15 is 0 Å². The molecule has 0 saturated heterocycles. The molecule has 0 spiro atoms. The van der Waals surface area contributed by atoms with Crippen LogP contribution in [-0.2, 0) is 52.5 Å². The third-order valence-corrected chi connectivity index (χ3v) is 3.88. The number of hydrogen-bond acceptors (Lipinski definition) is 11. The van der Waals surface area contributed by atoms with Crippen molar-refractivity contribution in [2.24, 2.45) is 0 Å². The second-order valence-corrected chi connectivity index (χ2v) is 6.60. The fourth-order valence-corrected chi connectivity index (χ4v) is 3.20. The lowest BCUT2D eigenvalue weighted by Crippen LogP contribution is -2.71. The van der Waals surface area contributed by atoms with Gasteiger partial charge in [-0.05, 0) is 0 Å². The average molecular weight is 431 g/mol. The predicted octanol–water partition coefficient (Wildman–Crippen LogP) is -0.837. The van der Waals surface area contributed by atoms with Gasteiger partial charge in [0.05, 0.1) is 0 Å². The Morgan fingerprint density at radius 2 is 0.700 bits per heavy atom. The summed E-state index contributed by atoms with van der Waals surface area (Å²) in [5.41, 5.74) is 0. The maximum Gasteiger partial charge on any atom is 0.303 e. The van der Waals surface area contributed by atoms with Gasteiger partial charge in [0.1, 0.15) is 6.04 Å². The molecule has 2 unspecified atom stereocenters. The van der Waals surface area contributed by atoms with E-state index in [0.717, 1.165) is 41.5 Å². The molecule has 30 heavy (non-hydrogen) atoms. The third kappa shape index (κ3) is 7.01. The van der Waals surface area contributed by atoms with Crippen LogP contribution in [0.25, 0.3) is 0 Å². The molecule has 0 radical (unpaired) electrons. The van der Waals surface area contributed by atoms with Crippen LogP contribution in [-0.4, -0.2) is 72.3 Å². The lowest BCUT2D eigenvalue weighted by molar-refractivity contribution is -0.237. The fraction of sp³-hybridized carbons (Fsp3) is 0.667. The standard InChI is InChI=1S/C18H25NO11/c1-7(20)19-13-14(26-8(2)21)16(28-10(4)23)18(30-12(6)25)17(29-11(5)24)15(13)27-9(3)22/h13-18H,1-6H3,(H,19,20)/t13?,14-,15+,16-,17-,18?/m1/s1. The normalized spacial score (nSPS) is 27.8. The zero-order chi connectivity index (χ0) is 23.2. The van der Waals surface area contributed by atoms with E-state index in [1.54, 1.807) is 0 Å². The highest BCUT2D eigenvalue weighted by Crippen LogP contribution is 2.33. The van der Waals surface area contributed by atoms with Crippen molar-refractivity contribution >= 4 is 35.8 Å². The fourth-order valence-electron chi connectivity index (χ4n) is 3.20. The summed E-state index contributed by atoms with van der Waals surface area (Å²) in [5, 5.41) is 2.46. The summed E-state index contributed by atoms with van der Waals surface area (Å²) in [4.78, 5) is 70.3. The molecular formula is C18H25NO11. The number of nitrogens with one attached hydrogen (secondary N) is 1. The first-order valence-corrected chi connectivity index (χ1v) is 8.96. The number of amides is 1.